The van der Waals surface area contributed by atoms with Crippen molar-refractivity contribution in [3.05, 3.63) is 11.8 Å². The first-order chi connectivity index (χ1) is 21.2. The quantitative estimate of drug-likeness (QED) is 0.0537. The molecule has 1 amide bonds. The van der Waals surface area contributed by atoms with E-state index in [0.29, 0.717) is 31.8 Å². The highest BCUT2D eigenvalue weighted by Gasteiger charge is 2.55. The lowest BCUT2D eigenvalue weighted by molar-refractivity contribution is -0.297. The van der Waals surface area contributed by atoms with Gasteiger partial charge in [0.2, 0.25) is 0 Å². The zero-order valence-electron chi connectivity index (χ0n) is 26.0. The minimum absolute atomic E-state index is 0.00872. The van der Waals surface area contributed by atoms with Gasteiger partial charge >= 0.3 is 0 Å². The number of rotatable bonds is 12. The second-order valence-electron chi connectivity index (χ2n) is 13.1. The van der Waals surface area contributed by atoms with Gasteiger partial charge in [0, 0.05) is 30.8 Å². The Bertz CT molecular complexity index is 1070. The van der Waals surface area contributed by atoms with Crippen LogP contribution in [0.5, 0.6) is 0 Å². The number of hydrogen-bond acceptors (Lipinski definition) is 14. The van der Waals surface area contributed by atoms with Crippen LogP contribution in [-0.4, -0.2) is 138 Å². The van der Waals surface area contributed by atoms with Gasteiger partial charge in [0.15, 0.2) is 12.2 Å². The number of ether oxygens (including phenoxy) is 3. The molecule has 1 saturated heterocycles. The van der Waals surface area contributed by atoms with E-state index in [4.69, 9.17) is 42.9 Å². The van der Waals surface area contributed by atoms with Crippen LogP contribution >= 0.6 is 0 Å². The molecule has 0 spiro atoms. The first kappa shape index (κ1) is 35.7. The molecule has 2 heterocycles. The van der Waals surface area contributed by atoms with Gasteiger partial charge < -0.3 is 79.3 Å². The van der Waals surface area contributed by atoms with Gasteiger partial charge in [-0.2, -0.15) is 0 Å². The summed E-state index contributed by atoms with van der Waals surface area (Å²) in [5, 5.41) is 53.6. The Labute approximate surface area is 263 Å². The summed E-state index contributed by atoms with van der Waals surface area (Å²) >= 11 is 0. The molecule has 17 N–H and O–H groups in total. The highest BCUT2D eigenvalue weighted by molar-refractivity contribution is 5.87. The normalized spacial score (nSPS) is 43.4. The fourth-order valence-electron chi connectivity index (χ4n) is 6.91. The van der Waals surface area contributed by atoms with Crippen molar-refractivity contribution in [2.24, 2.45) is 39.6 Å². The fourth-order valence-corrected chi connectivity index (χ4v) is 6.91. The second-order valence-corrected chi connectivity index (χ2v) is 13.1. The van der Waals surface area contributed by atoms with Crippen LogP contribution in [0.4, 0.5) is 0 Å². The van der Waals surface area contributed by atoms with Crippen molar-refractivity contribution in [3.8, 4) is 0 Å². The van der Waals surface area contributed by atoms with Crippen LogP contribution in [0.2, 0.25) is 0 Å². The number of nitrogens with zero attached hydrogens (tertiary/aromatic N) is 1. The van der Waals surface area contributed by atoms with E-state index in [9.17, 15) is 25.2 Å². The Morgan fingerprint density at radius 2 is 1.89 bits per heavy atom. The molecule has 17 nitrogen and oxygen atoms in total. The largest absolute Gasteiger partial charge is 0.492 e. The summed E-state index contributed by atoms with van der Waals surface area (Å²) < 4.78 is 18.2. The molecule has 11 atom stereocenters. The minimum Gasteiger partial charge on any atom is -0.492 e. The predicted molar refractivity (Wildman–Crippen MR) is 164 cm³/mol. The summed E-state index contributed by atoms with van der Waals surface area (Å²) in [6.45, 7) is 3.07. The van der Waals surface area contributed by atoms with Crippen molar-refractivity contribution < 1.29 is 39.4 Å². The van der Waals surface area contributed by atoms with Crippen molar-refractivity contribution in [1.82, 2.24) is 16.0 Å². The van der Waals surface area contributed by atoms with Gasteiger partial charge in [0.25, 0.3) is 5.91 Å². The standard InChI is InChI=1S/C28H53N9O8/c1-27(41)12-43-24(20(39)23(27)34-2)45-22-17(37-25(40)28(42)9-13(10-28)36-26(32)33)8-16(31)18(19(22)38)21-15(30)5-4-14(44-21)11-35-7-3-6-29/h4,13,15-24,34-35,38-39,41-42H,3,5-12,29-31H2,1-2H3,(H,37,40)(H4,32,33,36)/t13?,15-,16+,17-,18?,19+,20-,21+,22+,23-,24-,27+,28?/m1/s1. The lowest BCUT2D eigenvalue weighted by Crippen LogP contribution is -2.70. The predicted octanol–water partition coefficient (Wildman–Crippen LogP) is -5.27. The summed E-state index contributed by atoms with van der Waals surface area (Å²) in [5.41, 5.74) is 26.5. The third-order valence-corrected chi connectivity index (χ3v) is 9.36. The number of nitrogens with two attached hydrogens (primary N) is 5. The molecule has 3 fully saturated rings. The first-order valence-corrected chi connectivity index (χ1v) is 15.6. The molecule has 258 valence electrons. The monoisotopic (exact) mass is 643 g/mol. The van der Waals surface area contributed by atoms with Crippen LogP contribution < -0.4 is 44.6 Å². The van der Waals surface area contributed by atoms with Crippen LogP contribution in [0.15, 0.2) is 16.8 Å². The number of aliphatic hydroxyl groups is 4. The summed E-state index contributed by atoms with van der Waals surface area (Å²) in [6.07, 6.45) is -2.46. The van der Waals surface area contributed by atoms with Gasteiger partial charge in [-0.05, 0) is 52.4 Å². The van der Waals surface area contributed by atoms with Crippen LogP contribution in [0, 0.1) is 5.92 Å². The number of nitrogens with one attached hydrogen (secondary N) is 3. The van der Waals surface area contributed by atoms with Gasteiger partial charge in [-0.25, -0.2) is 0 Å². The van der Waals surface area contributed by atoms with E-state index >= 15 is 0 Å². The molecular formula is C28H53N9O8. The maximum absolute atomic E-state index is 13.3. The van der Waals surface area contributed by atoms with Crippen LogP contribution in [-0.2, 0) is 19.0 Å². The molecule has 45 heavy (non-hydrogen) atoms. The number of hydrogen-bond donors (Lipinski definition) is 12. The van der Waals surface area contributed by atoms with E-state index < -0.39 is 83.9 Å². The van der Waals surface area contributed by atoms with Crippen LogP contribution in [0.3, 0.4) is 0 Å². The van der Waals surface area contributed by atoms with Crippen molar-refractivity contribution in [2.45, 2.75) is 111 Å². The molecule has 17 heteroatoms. The lowest BCUT2D eigenvalue weighted by atomic mass is 9.71. The van der Waals surface area contributed by atoms with Crippen LogP contribution in [0.1, 0.15) is 39.0 Å². The van der Waals surface area contributed by atoms with Gasteiger partial charge in [0.05, 0.1) is 37.4 Å². The van der Waals surface area contributed by atoms with E-state index in [2.05, 4.69) is 20.9 Å². The maximum Gasteiger partial charge on any atom is 0.252 e. The minimum atomic E-state index is -1.73. The van der Waals surface area contributed by atoms with Crippen molar-refractivity contribution in [3.63, 3.8) is 0 Å². The zero-order valence-corrected chi connectivity index (χ0v) is 26.0. The maximum atomic E-state index is 13.3. The SMILES string of the molecule is CN[C@@H]1[C@@H](O)[C@@H](O[C@H]2[C@H](NC(=O)C3(O)CC(N=C(N)N)C3)C[C@H](N)C([C@H]3OC(CNCCCN)=CC[C@H]3N)[C@@H]2O)OC[C@]1(C)O. The van der Waals surface area contributed by atoms with Crippen molar-refractivity contribution in [2.75, 3.05) is 33.3 Å². The number of guanidine groups is 1. The Hall–Kier alpha value is -2.16. The Balaban J connectivity index is 1.54. The molecule has 4 rings (SSSR count). The molecule has 0 aromatic heterocycles. The zero-order chi connectivity index (χ0) is 33.1. The van der Waals surface area contributed by atoms with E-state index in [-0.39, 0.29) is 31.8 Å². The highest BCUT2D eigenvalue weighted by atomic mass is 16.7. The third kappa shape index (κ3) is 8.05. The fraction of sp³-hybridized carbons (Fsp3) is 0.857. The second kappa shape index (κ2) is 14.7. The highest BCUT2D eigenvalue weighted by Crippen LogP contribution is 2.38. The third-order valence-electron chi connectivity index (χ3n) is 9.36. The molecule has 0 bridgehead atoms. The van der Waals surface area contributed by atoms with Crippen LogP contribution in [0.25, 0.3) is 0 Å². The topological polar surface area (TPSA) is 304 Å². The number of amides is 1. The smallest absolute Gasteiger partial charge is 0.252 e. The average molecular weight is 644 g/mol. The summed E-state index contributed by atoms with van der Waals surface area (Å²) in [4.78, 5) is 17.3. The van der Waals surface area contributed by atoms with E-state index in [1.807, 2.05) is 6.08 Å². The molecule has 2 aliphatic carbocycles. The number of aliphatic imine (C=N–C) groups is 1. The van der Waals surface area contributed by atoms with Crippen molar-refractivity contribution >= 4 is 11.9 Å². The molecule has 1 unspecified atom stereocenters. The number of likely N-dealkylation sites (N-methyl/N-ethyl adjacent to an activating group) is 1. The summed E-state index contributed by atoms with van der Waals surface area (Å²) in [7, 11) is 1.59. The molecule has 2 aliphatic heterocycles. The molecule has 4 aliphatic rings. The Kier molecular flexibility index (Phi) is 11.7. The van der Waals surface area contributed by atoms with E-state index in [0.717, 1.165) is 6.42 Å². The summed E-state index contributed by atoms with van der Waals surface area (Å²) in [5.74, 6) is -0.895. The molecule has 0 aromatic carbocycles. The van der Waals surface area contributed by atoms with E-state index in [1.165, 1.54) is 6.92 Å². The first-order valence-electron chi connectivity index (χ1n) is 15.6. The Morgan fingerprint density at radius 1 is 1.18 bits per heavy atom. The van der Waals surface area contributed by atoms with Gasteiger partial charge in [-0.3, -0.25) is 9.79 Å². The molecule has 2 saturated carbocycles. The number of carbonyl (C=O) groups excluding carboxylic acids is 1. The molecule has 0 radical (unpaired) electrons. The average Bonchev–Trinajstić information content (AvgIpc) is 2.94. The van der Waals surface area contributed by atoms with Gasteiger partial charge in [0.1, 0.15) is 35.3 Å². The van der Waals surface area contributed by atoms with Crippen molar-refractivity contribution in [1.29, 1.82) is 0 Å². The number of aliphatic hydroxyl groups excluding tert-OH is 2. The van der Waals surface area contributed by atoms with Gasteiger partial charge in [-0.1, -0.05) is 0 Å². The summed E-state index contributed by atoms with van der Waals surface area (Å²) in [6, 6.07) is -3.31. The lowest BCUT2D eigenvalue weighted by Gasteiger charge is -2.51. The Morgan fingerprint density at radius 3 is 2.53 bits per heavy atom. The number of carbonyl (C=O) groups is 1. The van der Waals surface area contributed by atoms with E-state index in [1.54, 1.807) is 7.05 Å². The van der Waals surface area contributed by atoms with Gasteiger partial charge in [-0.15, -0.1) is 0 Å². The molecule has 0 aromatic rings. The molecular weight excluding hydrogens is 590 g/mol.